The summed E-state index contributed by atoms with van der Waals surface area (Å²) >= 11 is 0. The smallest absolute Gasteiger partial charge is 0.258 e. The standard InChI is InChI=1S/C18H21N3O3/c1-13-5-3-4-6-16(13)24-12-17(22)19-9-10-20-18(23)15-8-7-14(2)21-11-15/h3-8,11H,9-10,12H2,1-2H3,(H,19,22)(H,20,23). The molecule has 1 heterocycles. The number of amides is 2. The minimum atomic E-state index is -0.232. The number of hydrogen-bond acceptors (Lipinski definition) is 4. The molecule has 1 aromatic carbocycles. The van der Waals surface area contributed by atoms with Crippen molar-refractivity contribution in [1.29, 1.82) is 0 Å². The lowest BCUT2D eigenvalue weighted by Gasteiger charge is -2.10. The number of para-hydroxylation sites is 1. The first-order valence-electron chi connectivity index (χ1n) is 7.72. The van der Waals surface area contributed by atoms with Crippen molar-refractivity contribution in [3.8, 4) is 5.75 Å². The Morgan fingerprint density at radius 1 is 1.04 bits per heavy atom. The van der Waals surface area contributed by atoms with Gasteiger partial charge in [0.15, 0.2) is 6.61 Å². The molecular weight excluding hydrogens is 306 g/mol. The van der Waals surface area contributed by atoms with Crippen molar-refractivity contribution < 1.29 is 14.3 Å². The van der Waals surface area contributed by atoms with E-state index in [9.17, 15) is 9.59 Å². The maximum Gasteiger partial charge on any atom is 0.258 e. The molecule has 126 valence electrons. The Morgan fingerprint density at radius 2 is 1.79 bits per heavy atom. The van der Waals surface area contributed by atoms with Gasteiger partial charge in [0, 0.05) is 25.0 Å². The molecule has 2 amide bonds. The van der Waals surface area contributed by atoms with Crippen molar-refractivity contribution >= 4 is 11.8 Å². The molecule has 0 radical (unpaired) electrons. The van der Waals surface area contributed by atoms with E-state index in [2.05, 4.69) is 15.6 Å². The minimum Gasteiger partial charge on any atom is -0.484 e. The van der Waals surface area contributed by atoms with Crippen LogP contribution >= 0.6 is 0 Å². The summed E-state index contributed by atoms with van der Waals surface area (Å²) in [6.45, 7) is 4.39. The van der Waals surface area contributed by atoms with Gasteiger partial charge in [-0.25, -0.2) is 0 Å². The predicted molar refractivity (Wildman–Crippen MR) is 91.0 cm³/mol. The van der Waals surface area contributed by atoms with Crippen molar-refractivity contribution in [1.82, 2.24) is 15.6 Å². The molecule has 1 aromatic heterocycles. The van der Waals surface area contributed by atoms with Crippen LogP contribution in [0, 0.1) is 13.8 Å². The van der Waals surface area contributed by atoms with Crippen molar-refractivity contribution in [2.75, 3.05) is 19.7 Å². The fourth-order valence-electron chi connectivity index (χ4n) is 1.99. The number of benzene rings is 1. The molecule has 2 rings (SSSR count). The van der Waals surface area contributed by atoms with E-state index in [4.69, 9.17) is 4.74 Å². The molecule has 0 atom stereocenters. The summed E-state index contributed by atoms with van der Waals surface area (Å²) in [6, 6.07) is 11.0. The lowest BCUT2D eigenvalue weighted by molar-refractivity contribution is -0.123. The number of aryl methyl sites for hydroxylation is 2. The Labute approximate surface area is 141 Å². The van der Waals surface area contributed by atoms with Crippen LogP contribution < -0.4 is 15.4 Å². The number of carbonyl (C=O) groups is 2. The summed E-state index contributed by atoms with van der Waals surface area (Å²) in [5.74, 6) is 0.241. The van der Waals surface area contributed by atoms with Gasteiger partial charge in [0.05, 0.1) is 5.56 Å². The maximum absolute atomic E-state index is 11.9. The second-order valence-corrected chi connectivity index (χ2v) is 5.35. The van der Waals surface area contributed by atoms with Gasteiger partial charge in [-0.15, -0.1) is 0 Å². The van der Waals surface area contributed by atoms with E-state index in [0.717, 1.165) is 11.3 Å². The van der Waals surface area contributed by atoms with Crippen LogP contribution in [-0.2, 0) is 4.79 Å². The Hall–Kier alpha value is -2.89. The molecule has 0 aliphatic rings. The van der Waals surface area contributed by atoms with Gasteiger partial charge >= 0.3 is 0 Å². The van der Waals surface area contributed by atoms with E-state index in [1.807, 2.05) is 38.1 Å². The number of ether oxygens (including phenoxy) is 1. The van der Waals surface area contributed by atoms with Crippen LogP contribution in [0.3, 0.4) is 0 Å². The van der Waals surface area contributed by atoms with Crippen LogP contribution in [0.5, 0.6) is 5.75 Å². The largest absolute Gasteiger partial charge is 0.484 e. The third-order valence-corrected chi connectivity index (χ3v) is 3.36. The molecule has 0 saturated heterocycles. The quantitative estimate of drug-likeness (QED) is 0.757. The van der Waals surface area contributed by atoms with E-state index in [1.165, 1.54) is 6.20 Å². The monoisotopic (exact) mass is 327 g/mol. The predicted octanol–water partition coefficient (Wildman–Crippen LogP) is 1.62. The first kappa shape index (κ1) is 17.5. The van der Waals surface area contributed by atoms with Crippen molar-refractivity contribution in [3.63, 3.8) is 0 Å². The molecule has 6 heteroatoms. The highest BCUT2D eigenvalue weighted by atomic mass is 16.5. The molecule has 0 spiro atoms. The first-order valence-corrected chi connectivity index (χ1v) is 7.72. The van der Waals surface area contributed by atoms with Crippen molar-refractivity contribution in [2.45, 2.75) is 13.8 Å². The molecule has 2 N–H and O–H groups in total. The molecule has 0 fully saturated rings. The number of hydrogen-bond donors (Lipinski definition) is 2. The molecule has 0 bridgehead atoms. The van der Waals surface area contributed by atoms with Crippen LogP contribution in [0.25, 0.3) is 0 Å². The van der Waals surface area contributed by atoms with Gasteiger partial charge in [-0.3, -0.25) is 14.6 Å². The fraction of sp³-hybridized carbons (Fsp3) is 0.278. The average molecular weight is 327 g/mol. The first-order chi connectivity index (χ1) is 11.6. The van der Waals surface area contributed by atoms with E-state index < -0.39 is 0 Å². The highest BCUT2D eigenvalue weighted by Gasteiger charge is 2.06. The molecule has 6 nitrogen and oxygen atoms in total. The van der Waals surface area contributed by atoms with Gasteiger partial charge in [0.25, 0.3) is 11.8 Å². The molecule has 0 saturated carbocycles. The van der Waals surface area contributed by atoms with Crippen LogP contribution in [0.2, 0.25) is 0 Å². The van der Waals surface area contributed by atoms with Gasteiger partial charge in [-0.2, -0.15) is 0 Å². The number of nitrogens with one attached hydrogen (secondary N) is 2. The second-order valence-electron chi connectivity index (χ2n) is 5.35. The normalized spacial score (nSPS) is 10.1. The summed E-state index contributed by atoms with van der Waals surface area (Å²) in [6.07, 6.45) is 1.53. The molecule has 0 unspecified atom stereocenters. The van der Waals surface area contributed by atoms with Gasteiger partial charge in [0.2, 0.25) is 0 Å². The van der Waals surface area contributed by atoms with Gasteiger partial charge in [-0.1, -0.05) is 18.2 Å². The Morgan fingerprint density at radius 3 is 2.50 bits per heavy atom. The van der Waals surface area contributed by atoms with E-state index in [-0.39, 0.29) is 18.4 Å². The lowest BCUT2D eigenvalue weighted by atomic mass is 10.2. The summed E-state index contributed by atoms with van der Waals surface area (Å²) in [4.78, 5) is 27.7. The maximum atomic E-state index is 11.9. The SMILES string of the molecule is Cc1ccc(C(=O)NCCNC(=O)COc2ccccc2C)cn1. The van der Waals surface area contributed by atoms with E-state index in [1.54, 1.807) is 12.1 Å². The highest BCUT2D eigenvalue weighted by molar-refractivity contribution is 5.93. The average Bonchev–Trinajstić information content (AvgIpc) is 2.58. The lowest BCUT2D eigenvalue weighted by Crippen LogP contribution is -2.36. The van der Waals surface area contributed by atoms with Gasteiger partial charge < -0.3 is 15.4 Å². The molecule has 2 aromatic rings. The fourth-order valence-corrected chi connectivity index (χ4v) is 1.99. The van der Waals surface area contributed by atoms with E-state index >= 15 is 0 Å². The second kappa shape index (κ2) is 8.67. The highest BCUT2D eigenvalue weighted by Crippen LogP contribution is 2.15. The topological polar surface area (TPSA) is 80.3 Å². The number of rotatable bonds is 7. The van der Waals surface area contributed by atoms with Gasteiger partial charge in [-0.05, 0) is 37.6 Å². The molecule has 24 heavy (non-hydrogen) atoms. The Kier molecular flexibility index (Phi) is 6.31. The third-order valence-electron chi connectivity index (χ3n) is 3.36. The van der Waals surface area contributed by atoms with Crippen LogP contribution in [0.1, 0.15) is 21.6 Å². The number of nitrogens with zero attached hydrogens (tertiary/aromatic N) is 1. The van der Waals surface area contributed by atoms with Gasteiger partial charge in [0.1, 0.15) is 5.75 Å². The molecule has 0 aliphatic heterocycles. The minimum absolute atomic E-state index is 0.0549. The van der Waals surface area contributed by atoms with Crippen LogP contribution in [-0.4, -0.2) is 36.5 Å². The van der Waals surface area contributed by atoms with Crippen LogP contribution in [0.15, 0.2) is 42.6 Å². The Bertz CT molecular complexity index is 699. The van der Waals surface area contributed by atoms with Crippen molar-refractivity contribution in [3.05, 3.63) is 59.4 Å². The zero-order chi connectivity index (χ0) is 17.4. The Balaban J connectivity index is 1.65. The van der Waals surface area contributed by atoms with Crippen LogP contribution in [0.4, 0.5) is 0 Å². The summed E-state index contributed by atoms with van der Waals surface area (Å²) in [5.41, 5.74) is 2.33. The summed E-state index contributed by atoms with van der Waals surface area (Å²) in [7, 11) is 0. The van der Waals surface area contributed by atoms with E-state index in [0.29, 0.717) is 24.4 Å². The van der Waals surface area contributed by atoms with Crippen molar-refractivity contribution in [2.24, 2.45) is 0 Å². The molecular formula is C18H21N3O3. The number of carbonyl (C=O) groups excluding carboxylic acids is 2. The molecule has 0 aliphatic carbocycles. The number of aromatic nitrogens is 1. The third kappa shape index (κ3) is 5.39. The zero-order valence-electron chi connectivity index (χ0n) is 13.8. The summed E-state index contributed by atoms with van der Waals surface area (Å²) in [5, 5.41) is 5.42. The zero-order valence-corrected chi connectivity index (χ0v) is 13.8. The number of pyridine rings is 1. The summed E-state index contributed by atoms with van der Waals surface area (Å²) < 4.78 is 5.45.